The van der Waals surface area contributed by atoms with E-state index in [0.717, 1.165) is 17.5 Å². The van der Waals surface area contributed by atoms with Crippen molar-refractivity contribution in [1.82, 2.24) is 5.43 Å². The Balaban J connectivity index is 1.47. The van der Waals surface area contributed by atoms with Crippen molar-refractivity contribution in [3.05, 3.63) is 92.4 Å². The highest BCUT2D eigenvalue weighted by Gasteiger charge is 2.29. The molecule has 0 radical (unpaired) electrons. The zero-order valence-electron chi connectivity index (χ0n) is 18.8. The monoisotopic (exact) mass is 461 g/mol. The second-order valence-corrected chi connectivity index (χ2v) is 8.10. The first-order valence-corrected chi connectivity index (χ1v) is 10.8. The van der Waals surface area contributed by atoms with E-state index in [-0.39, 0.29) is 23.8 Å². The molecule has 34 heavy (non-hydrogen) atoms. The van der Waals surface area contributed by atoms with E-state index in [1.165, 1.54) is 24.3 Å². The fraction of sp³-hybridized carbons (Fsp3) is 0.240. The summed E-state index contributed by atoms with van der Waals surface area (Å²) in [5.74, 6) is 0.253. The molecule has 1 aliphatic rings. The van der Waals surface area contributed by atoms with Gasteiger partial charge in [0.2, 0.25) is 11.7 Å². The molecule has 4 rings (SSSR count). The van der Waals surface area contributed by atoms with Crippen molar-refractivity contribution in [2.24, 2.45) is 5.10 Å². The van der Waals surface area contributed by atoms with Crippen molar-refractivity contribution in [2.75, 3.05) is 0 Å². The Morgan fingerprint density at radius 2 is 1.79 bits per heavy atom. The van der Waals surface area contributed by atoms with Gasteiger partial charge in [-0.2, -0.15) is 5.10 Å². The average Bonchev–Trinajstić information content (AvgIpc) is 3.17. The minimum Gasteiger partial charge on any atom is -0.453 e. The number of fused-ring (bicyclic) bond motifs is 1. The number of aryl methyl sites for hydroxylation is 2. The van der Waals surface area contributed by atoms with Crippen LogP contribution < -0.4 is 10.2 Å². The number of nitro groups is 1. The minimum absolute atomic E-state index is 0.0279. The molecule has 0 saturated heterocycles. The van der Waals surface area contributed by atoms with Crippen LogP contribution in [0.15, 0.2) is 58.0 Å². The number of esters is 1. The lowest BCUT2D eigenvalue weighted by atomic mass is 9.93. The molecule has 0 atom stereocenters. The molecule has 1 N–H and O–H groups in total. The maximum Gasteiger partial charge on any atom is 0.379 e. The van der Waals surface area contributed by atoms with Gasteiger partial charge in [0, 0.05) is 29.7 Å². The average molecular weight is 461 g/mol. The van der Waals surface area contributed by atoms with E-state index >= 15 is 0 Å². The molecular formula is C25H23N3O6. The summed E-state index contributed by atoms with van der Waals surface area (Å²) < 4.78 is 11.3. The van der Waals surface area contributed by atoms with Crippen molar-refractivity contribution in [3.8, 4) is 5.75 Å². The van der Waals surface area contributed by atoms with Crippen LogP contribution in [-0.2, 0) is 17.6 Å². The fourth-order valence-electron chi connectivity index (χ4n) is 3.82. The highest BCUT2D eigenvalue weighted by molar-refractivity contribution is 6.06. The Morgan fingerprint density at radius 3 is 2.47 bits per heavy atom. The highest BCUT2D eigenvalue weighted by atomic mass is 16.6. The summed E-state index contributed by atoms with van der Waals surface area (Å²) in [5, 5.41) is 15.0. The summed E-state index contributed by atoms with van der Waals surface area (Å²) >= 11 is 0. The zero-order chi connectivity index (χ0) is 24.2. The molecule has 9 nitrogen and oxygen atoms in total. The first-order valence-electron chi connectivity index (χ1n) is 10.8. The van der Waals surface area contributed by atoms with Crippen molar-refractivity contribution in [2.45, 2.75) is 39.5 Å². The van der Waals surface area contributed by atoms with E-state index in [9.17, 15) is 19.7 Å². The molecular weight excluding hydrogens is 438 g/mol. The smallest absolute Gasteiger partial charge is 0.379 e. The van der Waals surface area contributed by atoms with Crippen molar-refractivity contribution < 1.29 is 23.7 Å². The number of nitro benzene ring substituents is 1. The lowest BCUT2D eigenvalue weighted by Crippen LogP contribution is -2.23. The SMILES string of the molecule is Cc1ccc(OC(=O)c2oc3c(c2C)/C(=N/NC(=O)Cc2ccc([N+](=O)[O-])cc2)CCC3)cc1. The van der Waals surface area contributed by atoms with Crippen LogP contribution in [-0.4, -0.2) is 22.5 Å². The number of nitrogens with zero attached hydrogens (tertiary/aromatic N) is 2. The summed E-state index contributed by atoms with van der Waals surface area (Å²) in [6.45, 7) is 3.72. The number of ether oxygens (including phenoxy) is 1. The molecule has 9 heteroatoms. The molecule has 0 bridgehead atoms. The van der Waals surface area contributed by atoms with Crippen LogP contribution in [0.4, 0.5) is 5.69 Å². The maximum absolute atomic E-state index is 12.7. The number of amides is 1. The molecule has 1 aliphatic carbocycles. The second kappa shape index (κ2) is 9.70. The lowest BCUT2D eigenvalue weighted by molar-refractivity contribution is -0.384. The molecule has 1 heterocycles. The predicted molar refractivity (Wildman–Crippen MR) is 124 cm³/mol. The summed E-state index contributed by atoms with van der Waals surface area (Å²) in [5.41, 5.74) is 6.17. The number of hydrazone groups is 1. The lowest BCUT2D eigenvalue weighted by Gasteiger charge is -2.13. The number of non-ortho nitro benzene ring substituents is 1. The second-order valence-electron chi connectivity index (χ2n) is 8.10. The van der Waals surface area contributed by atoms with Crippen molar-refractivity contribution in [3.63, 3.8) is 0 Å². The molecule has 0 spiro atoms. The number of benzene rings is 2. The van der Waals surface area contributed by atoms with Crippen LogP contribution in [0.1, 0.15) is 51.4 Å². The molecule has 0 saturated carbocycles. The minimum atomic E-state index is -0.586. The van der Waals surface area contributed by atoms with Gasteiger partial charge >= 0.3 is 5.97 Å². The number of carbonyl (C=O) groups excluding carboxylic acids is 2. The van der Waals surface area contributed by atoms with Gasteiger partial charge in [-0.15, -0.1) is 0 Å². The number of carbonyl (C=O) groups is 2. The van der Waals surface area contributed by atoms with Gasteiger partial charge in [0.1, 0.15) is 11.5 Å². The van der Waals surface area contributed by atoms with E-state index in [1.54, 1.807) is 19.1 Å². The summed E-state index contributed by atoms with van der Waals surface area (Å²) in [6, 6.07) is 12.9. The van der Waals surface area contributed by atoms with E-state index in [1.807, 2.05) is 19.1 Å². The van der Waals surface area contributed by atoms with Gasteiger partial charge in [-0.1, -0.05) is 29.8 Å². The van der Waals surface area contributed by atoms with E-state index in [2.05, 4.69) is 10.5 Å². The first-order chi connectivity index (χ1) is 16.3. The Bertz CT molecular complexity index is 1270. The Hall–Kier alpha value is -4.27. The topological polar surface area (TPSA) is 124 Å². The summed E-state index contributed by atoms with van der Waals surface area (Å²) in [6.07, 6.45) is 2.07. The largest absolute Gasteiger partial charge is 0.453 e. The number of hydrogen-bond acceptors (Lipinski definition) is 7. The molecule has 2 aromatic carbocycles. The van der Waals surface area contributed by atoms with E-state index < -0.39 is 10.9 Å². The standard InChI is InChI=1S/C25H23N3O6/c1-15-6-12-19(13-7-15)33-25(30)24-16(2)23-20(4-3-5-21(23)34-24)26-27-22(29)14-17-8-10-18(11-9-17)28(31)32/h6-13H,3-5,14H2,1-2H3,(H,27,29)/b26-20+. The fourth-order valence-corrected chi connectivity index (χ4v) is 3.82. The number of nitrogens with one attached hydrogen (secondary N) is 1. The van der Waals surface area contributed by atoms with Crippen LogP contribution >= 0.6 is 0 Å². The summed E-state index contributed by atoms with van der Waals surface area (Å²) in [7, 11) is 0. The van der Waals surface area contributed by atoms with Crippen molar-refractivity contribution in [1.29, 1.82) is 0 Å². The molecule has 0 unspecified atom stereocenters. The third kappa shape index (κ3) is 5.03. The maximum atomic E-state index is 12.7. The zero-order valence-corrected chi connectivity index (χ0v) is 18.8. The molecule has 3 aromatic rings. The molecule has 174 valence electrons. The molecule has 0 fully saturated rings. The van der Waals surface area contributed by atoms with Gasteiger partial charge in [0.15, 0.2) is 0 Å². The van der Waals surface area contributed by atoms with Crippen LogP contribution in [0.3, 0.4) is 0 Å². The normalized spacial score (nSPS) is 13.9. The van der Waals surface area contributed by atoms with Crippen LogP contribution in [0.2, 0.25) is 0 Å². The first kappa shape index (κ1) is 22.9. The van der Waals surface area contributed by atoms with Gasteiger partial charge in [0.25, 0.3) is 5.69 Å². The molecule has 1 aromatic heterocycles. The summed E-state index contributed by atoms with van der Waals surface area (Å²) in [4.78, 5) is 35.3. The van der Waals surface area contributed by atoms with E-state index in [4.69, 9.17) is 9.15 Å². The highest BCUT2D eigenvalue weighted by Crippen LogP contribution is 2.30. The third-order valence-electron chi connectivity index (χ3n) is 5.57. The van der Waals surface area contributed by atoms with Crippen LogP contribution in [0, 0.1) is 24.0 Å². The van der Waals surface area contributed by atoms with Gasteiger partial charge in [0.05, 0.1) is 17.1 Å². The number of hydrogen-bond donors (Lipinski definition) is 1. The van der Waals surface area contributed by atoms with Gasteiger partial charge in [-0.3, -0.25) is 14.9 Å². The van der Waals surface area contributed by atoms with Crippen molar-refractivity contribution >= 4 is 23.3 Å². The molecule has 0 aliphatic heterocycles. The Morgan fingerprint density at radius 1 is 1.09 bits per heavy atom. The van der Waals surface area contributed by atoms with Gasteiger partial charge in [-0.05, 0) is 44.4 Å². The number of rotatable bonds is 6. The Labute approximate surface area is 195 Å². The third-order valence-corrected chi connectivity index (χ3v) is 5.57. The van der Waals surface area contributed by atoms with E-state index in [0.29, 0.717) is 41.2 Å². The van der Waals surface area contributed by atoms with Gasteiger partial charge < -0.3 is 9.15 Å². The van der Waals surface area contributed by atoms with Gasteiger partial charge in [-0.25, -0.2) is 10.2 Å². The Kier molecular flexibility index (Phi) is 6.53. The predicted octanol–water partition coefficient (Wildman–Crippen LogP) is 4.42. The number of furan rings is 1. The van der Waals surface area contributed by atoms with Crippen LogP contribution in [0.5, 0.6) is 5.75 Å². The quantitative estimate of drug-likeness (QED) is 0.251. The molecule has 1 amide bonds. The van der Waals surface area contributed by atoms with Crippen LogP contribution in [0.25, 0.3) is 0 Å².